The predicted molar refractivity (Wildman–Crippen MR) is 45.8 cm³/mol. The topological polar surface area (TPSA) is 15.6 Å². The van der Waals surface area contributed by atoms with Crippen molar-refractivity contribution in [2.24, 2.45) is 4.99 Å². The van der Waals surface area contributed by atoms with Crippen LogP contribution in [0.25, 0.3) is 0 Å². The Balaban J connectivity index is 2.70. The van der Waals surface area contributed by atoms with E-state index in [4.69, 9.17) is 0 Å². The highest BCUT2D eigenvalue weighted by atomic mass is 32.1. The van der Waals surface area contributed by atoms with Crippen molar-refractivity contribution in [3.05, 3.63) is 11.8 Å². The summed E-state index contributed by atoms with van der Waals surface area (Å²) in [6.07, 6.45) is 3.66. The van der Waals surface area contributed by atoms with Gasteiger partial charge in [0.1, 0.15) is 0 Å². The van der Waals surface area contributed by atoms with Crippen LogP contribution in [0.15, 0.2) is 16.8 Å². The fourth-order valence-electron chi connectivity index (χ4n) is 0.561. The summed E-state index contributed by atoms with van der Waals surface area (Å²) in [6, 6.07) is 0. The molecule has 4 heteroatoms. The molecule has 0 bridgehead atoms. The Kier molecular flexibility index (Phi) is 2.08. The normalized spacial score (nSPS) is 26.3. The van der Waals surface area contributed by atoms with Crippen LogP contribution in [0.2, 0.25) is 0 Å². The Bertz CT molecular complexity index is 164. The van der Waals surface area contributed by atoms with Gasteiger partial charge in [0, 0.05) is 12.4 Å². The summed E-state index contributed by atoms with van der Waals surface area (Å²) in [5, 5.41) is 0. The lowest BCUT2D eigenvalue weighted by Gasteiger charge is -2.20. The molecule has 1 unspecified atom stereocenters. The summed E-state index contributed by atoms with van der Waals surface area (Å²) in [7, 11) is 0. The Labute approximate surface area is 65.6 Å². The van der Waals surface area contributed by atoms with Crippen LogP contribution in [0.3, 0.4) is 0 Å². The van der Waals surface area contributed by atoms with Crippen molar-refractivity contribution in [2.45, 2.75) is 12.4 Å². The van der Waals surface area contributed by atoms with Gasteiger partial charge in [0.15, 0.2) is 5.50 Å². The van der Waals surface area contributed by atoms with E-state index >= 15 is 0 Å². The maximum absolute atomic E-state index is 4.10. The minimum absolute atomic E-state index is 0.128. The van der Waals surface area contributed by atoms with Crippen LogP contribution >= 0.6 is 25.4 Å². The Morgan fingerprint density at radius 1 is 1.78 bits per heavy atom. The lowest BCUT2D eigenvalue weighted by Crippen LogP contribution is -2.18. The van der Waals surface area contributed by atoms with Gasteiger partial charge in [-0.1, -0.05) is 12.8 Å². The number of hydrogen-bond acceptors (Lipinski definition) is 4. The smallest absolute Gasteiger partial charge is 0.174 e. The second-order valence-corrected chi connectivity index (χ2v) is 2.80. The van der Waals surface area contributed by atoms with E-state index < -0.39 is 0 Å². The molecule has 0 saturated heterocycles. The third-order valence-electron chi connectivity index (χ3n) is 0.984. The molecule has 0 aromatic rings. The van der Waals surface area contributed by atoms with E-state index in [-0.39, 0.29) is 5.50 Å². The zero-order chi connectivity index (χ0) is 6.85. The maximum atomic E-state index is 4.10. The third kappa shape index (κ3) is 1.66. The van der Waals surface area contributed by atoms with E-state index in [9.17, 15) is 0 Å². The molecular formula is C5H8N2S2. The first-order chi connectivity index (χ1) is 4.20. The zero-order valence-corrected chi connectivity index (χ0v) is 6.81. The number of nitrogens with zero attached hydrogens (tertiary/aromatic N) is 2. The summed E-state index contributed by atoms with van der Waals surface area (Å²) in [5.41, 5.74) is 0.965. The molecule has 1 heterocycles. The molecule has 1 aliphatic rings. The molecule has 0 aromatic carbocycles. The van der Waals surface area contributed by atoms with Gasteiger partial charge < -0.3 is 0 Å². The van der Waals surface area contributed by atoms with E-state index in [1.807, 2.05) is 13.1 Å². The van der Waals surface area contributed by atoms with Gasteiger partial charge in [0.2, 0.25) is 0 Å². The molecule has 0 radical (unpaired) electrons. The van der Waals surface area contributed by atoms with Gasteiger partial charge in [0.05, 0.1) is 0 Å². The van der Waals surface area contributed by atoms with Gasteiger partial charge in [-0.25, -0.2) is 0 Å². The van der Waals surface area contributed by atoms with Crippen molar-refractivity contribution in [1.29, 1.82) is 0 Å². The van der Waals surface area contributed by atoms with Crippen molar-refractivity contribution >= 4 is 31.7 Å². The van der Waals surface area contributed by atoms with Crippen molar-refractivity contribution in [1.82, 2.24) is 4.31 Å². The maximum Gasteiger partial charge on any atom is 0.174 e. The van der Waals surface area contributed by atoms with Gasteiger partial charge in [-0.05, 0) is 12.5 Å². The molecule has 50 valence electrons. The first-order valence-electron chi connectivity index (χ1n) is 2.57. The van der Waals surface area contributed by atoms with E-state index in [0.717, 1.165) is 5.57 Å². The van der Waals surface area contributed by atoms with Gasteiger partial charge in [-0.2, -0.15) is 0 Å². The molecule has 0 N–H and O–H groups in total. The van der Waals surface area contributed by atoms with Crippen LogP contribution in [0.4, 0.5) is 0 Å². The van der Waals surface area contributed by atoms with Gasteiger partial charge in [-0.15, -0.1) is 12.6 Å². The highest BCUT2D eigenvalue weighted by Crippen LogP contribution is 2.14. The molecule has 0 fully saturated rings. The van der Waals surface area contributed by atoms with E-state index in [2.05, 4.69) is 30.4 Å². The SMILES string of the molecule is CC1=CN(S)C(S)N=C1. The Hall–Kier alpha value is -0.0900. The lowest BCUT2D eigenvalue weighted by atomic mass is 10.3. The number of rotatable bonds is 0. The molecule has 1 aliphatic heterocycles. The van der Waals surface area contributed by atoms with E-state index in [1.165, 1.54) is 0 Å². The molecule has 9 heavy (non-hydrogen) atoms. The highest BCUT2D eigenvalue weighted by Gasteiger charge is 2.07. The fraction of sp³-hybridized carbons (Fsp3) is 0.400. The van der Waals surface area contributed by atoms with Crippen molar-refractivity contribution < 1.29 is 0 Å². The molecule has 1 atom stereocenters. The minimum Gasteiger partial charge on any atom is -0.293 e. The number of aliphatic imine (C=N–C) groups is 1. The summed E-state index contributed by atoms with van der Waals surface area (Å²) in [4.78, 5) is 4.01. The summed E-state index contributed by atoms with van der Waals surface area (Å²) in [6.45, 7) is 1.96. The van der Waals surface area contributed by atoms with Crippen LogP contribution in [0.1, 0.15) is 6.92 Å². The van der Waals surface area contributed by atoms with Crippen molar-refractivity contribution in [3.63, 3.8) is 0 Å². The molecule has 1 rings (SSSR count). The molecule has 2 nitrogen and oxygen atoms in total. The molecule has 0 saturated carbocycles. The Morgan fingerprint density at radius 2 is 2.44 bits per heavy atom. The number of hydrogen-bond donors (Lipinski definition) is 2. The van der Waals surface area contributed by atoms with Crippen molar-refractivity contribution in [2.75, 3.05) is 0 Å². The van der Waals surface area contributed by atoms with Crippen LogP contribution < -0.4 is 0 Å². The summed E-state index contributed by atoms with van der Waals surface area (Å²) < 4.78 is 1.65. The van der Waals surface area contributed by atoms with Crippen LogP contribution in [0, 0.1) is 0 Å². The average Bonchev–Trinajstić information content (AvgIpc) is 1.80. The second-order valence-electron chi connectivity index (χ2n) is 1.88. The van der Waals surface area contributed by atoms with Crippen LogP contribution in [-0.4, -0.2) is 16.0 Å². The molecular weight excluding hydrogens is 152 g/mol. The van der Waals surface area contributed by atoms with Gasteiger partial charge in [0.25, 0.3) is 0 Å². The fourth-order valence-corrected chi connectivity index (χ4v) is 0.936. The molecule has 0 aliphatic carbocycles. The molecule has 0 aromatic heterocycles. The van der Waals surface area contributed by atoms with E-state index in [0.29, 0.717) is 0 Å². The number of allylic oxidation sites excluding steroid dienone is 1. The highest BCUT2D eigenvalue weighted by molar-refractivity contribution is 7.83. The van der Waals surface area contributed by atoms with Crippen LogP contribution in [-0.2, 0) is 0 Å². The van der Waals surface area contributed by atoms with Gasteiger partial charge in [-0.3, -0.25) is 9.30 Å². The van der Waals surface area contributed by atoms with Crippen LogP contribution in [0.5, 0.6) is 0 Å². The average molecular weight is 160 g/mol. The monoisotopic (exact) mass is 160 g/mol. The Morgan fingerprint density at radius 3 is 2.89 bits per heavy atom. The first kappa shape index (κ1) is 7.02. The lowest BCUT2D eigenvalue weighted by molar-refractivity contribution is 0.597. The number of thiol groups is 2. The summed E-state index contributed by atoms with van der Waals surface area (Å²) >= 11 is 8.19. The quantitative estimate of drug-likeness (QED) is 0.511. The third-order valence-corrected chi connectivity index (χ3v) is 1.88. The largest absolute Gasteiger partial charge is 0.293 e. The summed E-state index contributed by atoms with van der Waals surface area (Å²) in [5.74, 6) is 0. The first-order valence-corrected chi connectivity index (χ1v) is 3.48. The van der Waals surface area contributed by atoms with Gasteiger partial charge >= 0.3 is 0 Å². The predicted octanol–water partition coefficient (Wildman–Crippen LogP) is 1.33. The van der Waals surface area contributed by atoms with Crippen molar-refractivity contribution in [3.8, 4) is 0 Å². The second kappa shape index (κ2) is 2.66. The van der Waals surface area contributed by atoms with E-state index in [1.54, 1.807) is 10.5 Å². The minimum atomic E-state index is -0.128. The zero-order valence-electron chi connectivity index (χ0n) is 5.02. The molecule has 0 spiro atoms. The molecule has 0 amide bonds. The standard InChI is InChI=1S/C5H8N2S2/c1-4-2-6-5(8)7(9)3-4/h2-3,5,8-9H,1H3.